The molecule has 5 atom stereocenters. The third-order valence-electron chi connectivity index (χ3n) is 7.60. The second kappa shape index (κ2) is 9.68. The first-order chi connectivity index (χ1) is 18.0. The van der Waals surface area contributed by atoms with Gasteiger partial charge in [-0.05, 0) is 47.6 Å². The maximum Gasteiger partial charge on any atom is 0.243 e. The highest BCUT2D eigenvalue weighted by atomic mass is 35.5. The highest BCUT2D eigenvalue weighted by Gasteiger charge is 2.55. The number of nitrogens with zero attached hydrogens (tertiary/aromatic N) is 4. The summed E-state index contributed by atoms with van der Waals surface area (Å²) in [6.07, 6.45) is 3.42. The topological polar surface area (TPSA) is 93.8 Å². The van der Waals surface area contributed by atoms with E-state index < -0.39 is 11.9 Å². The number of benzene rings is 2. The molecule has 3 heterocycles. The van der Waals surface area contributed by atoms with Crippen molar-refractivity contribution in [2.75, 3.05) is 5.32 Å². The van der Waals surface area contributed by atoms with Gasteiger partial charge in [0.05, 0.1) is 24.9 Å². The molecule has 0 spiro atoms. The smallest absolute Gasteiger partial charge is 0.243 e. The van der Waals surface area contributed by atoms with Gasteiger partial charge in [-0.3, -0.25) is 0 Å². The summed E-state index contributed by atoms with van der Waals surface area (Å²) < 4.78 is 14.1. The van der Waals surface area contributed by atoms with E-state index in [1.54, 1.807) is 6.20 Å². The lowest BCUT2D eigenvalue weighted by atomic mass is 9.93. The largest absolute Gasteiger partial charge is 0.367 e. The molecule has 4 aromatic rings. The van der Waals surface area contributed by atoms with Crippen LogP contribution in [0.3, 0.4) is 0 Å². The van der Waals surface area contributed by atoms with E-state index in [2.05, 4.69) is 38.6 Å². The number of ether oxygens (including phenoxy) is 2. The summed E-state index contributed by atoms with van der Waals surface area (Å²) in [7, 11) is 0. The van der Waals surface area contributed by atoms with Crippen molar-refractivity contribution in [2.45, 2.75) is 63.8 Å². The number of anilines is 1. The van der Waals surface area contributed by atoms with Crippen molar-refractivity contribution in [3.8, 4) is 0 Å². The van der Waals surface area contributed by atoms with Gasteiger partial charge < -0.3 is 19.9 Å². The van der Waals surface area contributed by atoms with Crippen molar-refractivity contribution in [3.63, 3.8) is 0 Å². The number of hydrogen-bond acceptors (Lipinski definition) is 7. The summed E-state index contributed by atoms with van der Waals surface area (Å²) in [5, 5.41) is 20.0. The zero-order chi connectivity index (χ0) is 25.6. The third kappa shape index (κ3) is 4.28. The molecule has 0 amide bonds. The van der Waals surface area contributed by atoms with Crippen LogP contribution < -0.4 is 5.32 Å². The summed E-state index contributed by atoms with van der Waals surface area (Å²) in [5.74, 6) is -1.31. The van der Waals surface area contributed by atoms with Gasteiger partial charge in [0.1, 0.15) is 11.8 Å². The van der Waals surface area contributed by atoms with Gasteiger partial charge in [-0.15, -0.1) is 5.10 Å². The summed E-state index contributed by atoms with van der Waals surface area (Å²) in [6, 6.07) is 18.4. The number of rotatable bonds is 7. The normalized spacial score (nSPS) is 27.0. The number of aryl methyl sites for hydroxylation is 1. The maximum absolute atomic E-state index is 12.0. The first kappa shape index (κ1) is 24.3. The van der Waals surface area contributed by atoms with E-state index in [0.29, 0.717) is 23.8 Å². The van der Waals surface area contributed by atoms with Crippen molar-refractivity contribution in [1.29, 1.82) is 0 Å². The van der Waals surface area contributed by atoms with Crippen LogP contribution in [-0.2, 0) is 28.3 Å². The summed E-state index contributed by atoms with van der Waals surface area (Å²) in [4.78, 5) is 9.05. The molecule has 1 saturated heterocycles. The van der Waals surface area contributed by atoms with Gasteiger partial charge in [0, 0.05) is 5.92 Å². The standard InChI is InChI=1S/C28H30ClN5O3/c1-3-22-17(2)24(36-16-18-9-5-4-6-10-18)28(35,37-22)23-15-30-26-25(32-27(29)33-34(23)26)31-21-14-13-19-11-7-8-12-20(19)21/h4-12,15,17,21-22,24,35H,3,13-14,16H2,1-2H3,(H,31,32,33)/t17-,21+,22-,24-,28+/m1/s1. The molecule has 192 valence electrons. The van der Waals surface area contributed by atoms with Gasteiger partial charge in [-0.25, -0.2) is 9.50 Å². The molecule has 0 bridgehead atoms. The van der Waals surface area contributed by atoms with E-state index in [4.69, 9.17) is 21.1 Å². The zero-order valence-corrected chi connectivity index (χ0v) is 21.6. The highest BCUT2D eigenvalue weighted by Crippen LogP contribution is 2.44. The van der Waals surface area contributed by atoms with Crippen molar-refractivity contribution in [1.82, 2.24) is 19.6 Å². The van der Waals surface area contributed by atoms with Crippen molar-refractivity contribution in [2.24, 2.45) is 5.92 Å². The minimum atomic E-state index is -1.76. The average molecular weight is 520 g/mol. The second-order valence-corrected chi connectivity index (χ2v) is 10.2. The van der Waals surface area contributed by atoms with Crippen LogP contribution in [0.2, 0.25) is 5.28 Å². The lowest BCUT2D eigenvalue weighted by Crippen LogP contribution is -2.41. The fourth-order valence-electron chi connectivity index (χ4n) is 5.71. The van der Waals surface area contributed by atoms with Crippen molar-refractivity contribution in [3.05, 3.63) is 88.5 Å². The molecule has 8 nitrogen and oxygen atoms in total. The Morgan fingerprint density at radius 2 is 1.97 bits per heavy atom. The Hall–Kier alpha value is -3.04. The maximum atomic E-state index is 12.0. The highest BCUT2D eigenvalue weighted by molar-refractivity contribution is 6.28. The van der Waals surface area contributed by atoms with Crippen molar-refractivity contribution < 1.29 is 14.6 Å². The number of nitrogens with one attached hydrogen (secondary N) is 1. The number of fused-ring (bicyclic) bond motifs is 2. The van der Waals surface area contributed by atoms with Crippen LogP contribution in [0.15, 0.2) is 60.8 Å². The van der Waals surface area contributed by atoms with Crippen LogP contribution in [0.4, 0.5) is 5.82 Å². The molecular formula is C28H30ClN5O3. The molecule has 2 aromatic heterocycles. The van der Waals surface area contributed by atoms with Gasteiger partial charge in [0.25, 0.3) is 0 Å². The Bertz CT molecular complexity index is 1410. The third-order valence-corrected chi connectivity index (χ3v) is 7.76. The number of hydrogen-bond donors (Lipinski definition) is 2. The molecule has 1 aliphatic carbocycles. The molecule has 1 fully saturated rings. The van der Waals surface area contributed by atoms with E-state index in [1.165, 1.54) is 15.6 Å². The number of imidazole rings is 1. The Labute approximate surface area is 220 Å². The van der Waals surface area contributed by atoms with Gasteiger partial charge in [-0.2, -0.15) is 4.98 Å². The second-order valence-electron chi connectivity index (χ2n) is 9.88. The van der Waals surface area contributed by atoms with E-state index in [-0.39, 0.29) is 23.3 Å². The summed E-state index contributed by atoms with van der Waals surface area (Å²) in [6.45, 7) is 4.42. The van der Waals surface area contributed by atoms with Crippen LogP contribution in [0, 0.1) is 5.92 Å². The number of aliphatic hydroxyl groups is 1. The monoisotopic (exact) mass is 519 g/mol. The van der Waals surface area contributed by atoms with Gasteiger partial charge in [0.2, 0.25) is 11.1 Å². The minimum absolute atomic E-state index is 0.0453. The first-order valence-corrected chi connectivity index (χ1v) is 13.2. The molecular weight excluding hydrogens is 490 g/mol. The molecule has 9 heteroatoms. The molecule has 2 N–H and O–H groups in total. The molecule has 0 radical (unpaired) electrons. The molecule has 1 aliphatic heterocycles. The Morgan fingerprint density at radius 1 is 1.19 bits per heavy atom. The van der Waals surface area contributed by atoms with E-state index in [0.717, 1.165) is 24.8 Å². The van der Waals surface area contributed by atoms with E-state index in [9.17, 15) is 5.11 Å². The van der Waals surface area contributed by atoms with Crippen LogP contribution in [0.5, 0.6) is 0 Å². The van der Waals surface area contributed by atoms with Crippen LogP contribution in [0.25, 0.3) is 5.65 Å². The van der Waals surface area contributed by atoms with Crippen LogP contribution >= 0.6 is 11.6 Å². The Kier molecular flexibility index (Phi) is 6.36. The summed E-state index contributed by atoms with van der Waals surface area (Å²) >= 11 is 6.39. The molecule has 2 aliphatic rings. The SMILES string of the molecule is CC[C@H]1O[C@@](O)(c2cnc3c(N[C@H]4CCc5ccccc54)nc(Cl)nn23)[C@H](OCc2ccccc2)[C@@H]1C. The minimum Gasteiger partial charge on any atom is -0.367 e. The van der Waals surface area contributed by atoms with Gasteiger partial charge in [-0.1, -0.05) is 68.4 Å². The van der Waals surface area contributed by atoms with Gasteiger partial charge >= 0.3 is 0 Å². The Balaban J connectivity index is 1.36. The molecule has 2 aromatic carbocycles. The predicted octanol–water partition coefficient (Wildman–Crippen LogP) is 5.05. The molecule has 0 saturated carbocycles. The van der Waals surface area contributed by atoms with Crippen molar-refractivity contribution >= 4 is 23.1 Å². The number of aromatic nitrogens is 4. The van der Waals surface area contributed by atoms with E-state index in [1.807, 2.05) is 50.2 Å². The Morgan fingerprint density at radius 3 is 2.78 bits per heavy atom. The van der Waals surface area contributed by atoms with Crippen LogP contribution in [0.1, 0.15) is 55.1 Å². The molecule has 6 rings (SSSR count). The van der Waals surface area contributed by atoms with Crippen LogP contribution in [-0.4, -0.2) is 36.9 Å². The lowest BCUT2D eigenvalue weighted by Gasteiger charge is -2.29. The lowest BCUT2D eigenvalue weighted by molar-refractivity contribution is -0.251. The molecule has 37 heavy (non-hydrogen) atoms. The number of halogens is 1. The fraction of sp³-hybridized carbons (Fsp3) is 0.393. The fourth-order valence-corrected chi connectivity index (χ4v) is 5.87. The summed E-state index contributed by atoms with van der Waals surface area (Å²) in [5.41, 5.74) is 4.42. The first-order valence-electron chi connectivity index (χ1n) is 12.8. The zero-order valence-electron chi connectivity index (χ0n) is 20.8. The van der Waals surface area contributed by atoms with E-state index >= 15 is 0 Å². The van der Waals surface area contributed by atoms with Gasteiger partial charge in [0.15, 0.2) is 11.5 Å². The quantitative estimate of drug-likeness (QED) is 0.353. The molecule has 0 unspecified atom stereocenters. The average Bonchev–Trinajstić information content (AvgIpc) is 3.58. The predicted molar refractivity (Wildman–Crippen MR) is 140 cm³/mol.